The Morgan fingerprint density at radius 3 is 2.69 bits per heavy atom. The molecule has 2 rings (SSSR count). The van der Waals surface area contributed by atoms with Gasteiger partial charge < -0.3 is 15.5 Å². The summed E-state index contributed by atoms with van der Waals surface area (Å²) >= 11 is 0. The van der Waals surface area contributed by atoms with Crippen molar-refractivity contribution in [3.8, 4) is 0 Å². The van der Waals surface area contributed by atoms with Gasteiger partial charge in [0.05, 0.1) is 11.4 Å². The number of nitrogens with zero attached hydrogens (tertiary/aromatic N) is 3. The van der Waals surface area contributed by atoms with E-state index in [4.69, 9.17) is 0 Å². The lowest BCUT2D eigenvalue weighted by Crippen LogP contribution is -2.45. The number of fused-ring (bicyclic) bond motifs is 1. The molecule has 8 heteroatoms. The maximum Gasteiger partial charge on any atom is 0.236 e. The largest absolute Gasteiger partial charge is 0.355 e. The molecule has 0 spiro atoms. The number of rotatable bonds is 11. The number of sulfonamides is 1. The monoisotopic (exact) mass is 423 g/mol. The van der Waals surface area contributed by atoms with Crippen LogP contribution in [0, 0.1) is 0 Å². The second-order valence-electron chi connectivity index (χ2n) is 7.48. The van der Waals surface area contributed by atoms with Crippen LogP contribution in [0.4, 0.5) is 5.69 Å². The first-order valence-electron chi connectivity index (χ1n) is 10.7. The fourth-order valence-electron chi connectivity index (χ4n) is 3.67. The molecule has 0 radical (unpaired) electrons. The Bertz CT molecular complexity index is 762. The van der Waals surface area contributed by atoms with Gasteiger partial charge in [0, 0.05) is 26.2 Å². The quantitative estimate of drug-likeness (QED) is 0.421. The van der Waals surface area contributed by atoms with E-state index in [9.17, 15) is 8.42 Å². The predicted molar refractivity (Wildman–Crippen MR) is 122 cm³/mol. The molecule has 29 heavy (non-hydrogen) atoms. The van der Waals surface area contributed by atoms with Crippen LogP contribution in [-0.2, 0) is 16.4 Å². The van der Waals surface area contributed by atoms with Crippen LogP contribution in [0.15, 0.2) is 29.3 Å². The summed E-state index contributed by atoms with van der Waals surface area (Å²) in [5.41, 5.74) is 1.91. The van der Waals surface area contributed by atoms with Gasteiger partial charge in [0.15, 0.2) is 5.96 Å². The third kappa shape index (κ3) is 6.89. The molecule has 0 bridgehead atoms. The molecule has 2 N–H and O–H groups in total. The molecule has 0 saturated heterocycles. The van der Waals surface area contributed by atoms with E-state index >= 15 is 0 Å². The highest BCUT2D eigenvalue weighted by Gasteiger charge is 2.28. The second-order valence-corrected chi connectivity index (χ2v) is 9.49. The van der Waals surface area contributed by atoms with Crippen molar-refractivity contribution < 1.29 is 8.42 Å². The van der Waals surface area contributed by atoms with E-state index in [0.29, 0.717) is 19.0 Å². The smallest absolute Gasteiger partial charge is 0.236 e. The zero-order valence-corrected chi connectivity index (χ0v) is 19.1. The maximum atomic E-state index is 12.8. The number of para-hydroxylation sites is 1. The van der Waals surface area contributed by atoms with Gasteiger partial charge in [-0.15, -0.1) is 0 Å². The van der Waals surface area contributed by atoms with Crippen LogP contribution in [0.2, 0.25) is 0 Å². The number of nitrogens with one attached hydrogen (secondary N) is 2. The van der Waals surface area contributed by atoms with E-state index in [0.717, 1.165) is 50.1 Å². The summed E-state index contributed by atoms with van der Waals surface area (Å²) in [6, 6.07) is 8.00. The van der Waals surface area contributed by atoms with Crippen molar-refractivity contribution in [1.29, 1.82) is 0 Å². The zero-order valence-electron chi connectivity index (χ0n) is 18.3. The highest BCUT2D eigenvalue weighted by Crippen LogP contribution is 2.29. The molecule has 0 amide bonds. The van der Waals surface area contributed by atoms with Crippen LogP contribution >= 0.6 is 0 Å². The summed E-state index contributed by atoms with van der Waals surface area (Å²) in [7, 11) is -1.64. The number of guanidine groups is 1. The lowest BCUT2D eigenvalue weighted by Gasteiger charge is -2.22. The van der Waals surface area contributed by atoms with Gasteiger partial charge in [0.1, 0.15) is 0 Å². The van der Waals surface area contributed by atoms with Crippen molar-refractivity contribution in [1.82, 2.24) is 15.5 Å². The van der Waals surface area contributed by atoms with Crippen LogP contribution in [0.3, 0.4) is 0 Å². The minimum absolute atomic E-state index is 0.0401. The topological polar surface area (TPSA) is 77.0 Å². The van der Waals surface area contributed by atoms with Gasteiger partial charge in [-0.1, -0.05) is 32.0 Å². The fraction of sp³-hybridized carbons (Fsp3) is 0.667. The molecule has 0 saturated carbocycles. The molecular formula is C21H37N5O2S. The Kier molecular flexibility index (Phi) is 9.23. The molecule has 1 atom stereocenters. The molecule has 7 nitrogen and oxygen atoms in total. The first-order valence-corrected chi connectivity index (χ1v) is 12.3. The van der Waals surface area contributed by atoms with Gasteiger partial charge in [0.25, 0.3) is 0 Å². The summed E-state index contributed by atoms with van der Waals surface area (Å²) in [6.07, 6.45) is 2.94. The van der Waals surface area contributed by atoms with Crippen molar-refractivity contribution >= 4 is 21.7 Å². The van der Waals surface area contributed by atoms with E-state index in [1.807, 2.05) is 24.3 Å². The molecule has 1 unspecified atom stereocenters. The van der Waals surface area contributed by atoms with Gasteiger partial charge in [-0.2, -0.15) is 0 Å². The molecule has 0 fully saturated rings. The SMILES string of the molecule is CCN(CC)CCCC(C)NC(=NC)NCCS(=O)(=O)N1CCc2ccccc21. The molecule has 1 heterocycles. The van der Waals surface area contributed by atoms with E-state index < -0.39 is 10.0 Å². The predicted octanol–water partition coefficient (Wildman–Crippen LogP) is 2.05. The summed E-state index contributed by atoms with van der Waals surface area (Å²) in [5.74, 6) is 0.690. The number of benzene rings is 1. The number of hydrogen-bond acceptors (Lipinski definition) is 4. The Balaban J connectivity index is 1.76. The van der Waals surface area contributed by atoms with Crippen LogP contribution in [0.25, 0.3) is 0 Å². The lowest BCUT2D eigenvalue weighted by atomic mass is 10.2. The summed E-state index contributed by atoms with van der Waals surface area (Å²) in [4.78, 5) is 6.65. The third-order valence-electron chi connectivity index (χ3n) is 5.45. The number of anilines is 1. The summed E-state index contributed by atoms with van der Waals surface area (Å²) in [5, 5.41) is 6.51. The van der Waals surface area contributed by atoms with Crippen molar-refractivity contribution in [3.05, 3.63) is 29.8 Å². The van der Waals surface area contributed by atoms with Crippen molar-refractivity contribution in [2.75, 3.05) is 49.8 Å². The van der Waals surface area contributed by atoms with Gasteiger partial charge in [-0.25, -0.2) is 8.42 Å². The maximum absolute atomic E-state index is 12.8. The first-order chi connectivity index (χ1) is 13.9. The van der Waals surface area contributed by atoms with Gasteiger partial charge >= 0.3 is 0 Å². The highest BCUT2D eigenvalue weighted by molar-refractivity contribution is 7.92. The van der Waals surface area contributed by atoms with Crippen LogP contribution in [0.1, 0.15) is 39.2 Å². The van der Waals surface area contributed by atoms with Crippen molar-refractivity contribution in [2.45, 2.75) is 46.1 Å². The van der Waals surface area contributed by atoms with E-state index in [1.54, 1.807) is 7.05 Å². The van der Waals surface area contributed by atoms with Gasteiger partial charge in [-0.05, 0) is 57.5 Å². The Morgan fingerprint density at radius 2 is 2.00 bits per heavy atom. The summed E-state index contributed by atoms with van der Waals surface area (Å²) in [6.45, 7) is 10.6. The number of hydrogen-bond donors (Lipinski definition) is 2. The number of aliphatic imine (C=N–C) groups is 1. The van der Waals surface area contributed by atoms with Crippen LogP contribution in [0.5, 0.6) is 0 Å². The first kappa shape index (κ1) is 23.5. The van der Waals surface area contributed by atoms with Crippen LogP contribution in [-0.4, -0.2) is 70.8 Å². The zero-order chi connectivity index (χ0) is 21.3. The second kappa shape index (κ2) is 11.4. The Labute approximate surface area is 176 Å². The van der Waals surface area contributed by atoms with E-state index in [2.05, 4.69) is 41.3 Å². The molecule has 0 aliphatic carbocycles. The van der Waals surface area contributed by atoms with Crippen LogP contribution < -0.4 is 14.9 Å². The average molecular weight is 424 g/mol. The normalized spacial score (nSPS) is 15.5. The molecular weight excluding hydrogens is 386 g/mol. The average Bonchev–Trinajstić information content (AvgIpc) is 3.15. The van der Waals surface area contributed by atoms with Crippen molar-refractivity contribution in [2.24, 2.45) is 4.99 Å². The molecule has 1 aliphatic rings. The van der Waals surface area contributed by atoms with E-state index in [-0.39, 0.29) is 11.8 Å². The summed E-state index contributed by atoms with van der Waals surface area (Å²) < 4.78 is 27.1. The Hall–Kier alpha value is -1.80. The van der Waals surface area contributed by atoms with Gasteiger partial charge in [-0.3, -0.25) is 9.30 Å². The molecule has 0 aromatic heterocycles. The minimum atomic E-state index is -3.35. The Morgan fingerprint density at radius 1 is 1.28 bits per heavy atom. The standard InChI is InChI=1S/C21H37N5O2S/c1-5-25(6-2)15-9-10-18(3)24-21(22-4)23-14-17-29(27,28)26-16-13-19-11-7-8-12-20(19)26/h7-8,11-12,18H,5-6,9-10,13-17H2,1-4H3,(H2,22,23,24). The molecule has 1 aromatic rings. The molecule has 1 aliphatic heterocycles. The molecule has 164 valence electrons. The highest BCUT2D eigenvalue weighted by atomic mass is 32.2. The third-order valence-corrected chi connectivity index (χ3v) is 7.22. The molecule has 1 aromatic carbocycles. The minimum Gasteiger partial charge on any atom is -0.355 e. The lowest BCUT2D eigenvalue weighted by molar-refractivity contribution is 0.292. The fourth-order valence-corrected chi connectivity index (χ4v) is 5.09. The van der Waals surface area contributed by atoms with Crippen molar-refractivity contribution in [3.63, 3.8) is 0 Å². The van der Waals surface area contributed by atoms with Gasteiger partial charge in [0.2, 0.25) is 10.0 Å². The van der Waals surface area contributed by atoms with E-state index in [1.165, 1.54) is 4.31 Å².